The van der Waals surface area contributed by atoms with Gasteiger partial charge in [-0.1, -0.05) is 30.3 Å². The van der Waals surface area contributed by atoms with Crippen molar-refractivity contribution in [2.45, 2.75) is 51.0 Å². The predicted molar refractivity (Wildman–Crippen MR) is 82.5 cm³/mol. The zero-order valence-corrected chi connectivity index (χ0v) is 13.2. The Labute approximate surface area is 114 Å². The molecule has 0 atom stereocenters. The summed E-state index contributed by atoms with van der Waals surface area (Å²) in [5, 5.41) is 0. The zero-order valence-electron chi connectivity index (χ0n) is 12.4. The molecule has 1 aromatic rings. The fraction of sp³-hybridized carbons (Fsp3) is 0.562. The topological polar surface area (TPSA) is 17.1 Å². The largest absolute Gasteiger partial charge is 0.289 e. The van der Waals surface area contributed by atoms with Crippen LogP contribution in [0.3, 0.4) is 0 Å². The van der Waals surface area contributed by atoms with Crippen molar-refractivity contribution in [1.82, 2.24) is 0 Å². The van der Waals surface area contributed by atoms with Gasteiger partial charge in [0.05, 0.1) is 0 Å². The van der Waals surface area contributed by atoms with Crippen LogP contribution in [0.5, 0.6) is 0 Å². The quantitative estimate of drug-likeness (QED) is 0.594. The molecule has 0 N–H and O–H groups in total. The summed E-state index contributed by atoms with van der Waals surface area (Å²) in [5.41, 5.74) is 0.837. The van der Waals surface area contributed by atoms with Crippen molar-refractivity contribution in [2.24, 2.45) is 0 Å². The highest BCUT2D eigenvalue weighted by Gasteiger charge is 2.45. The van der Waals surface area contributed by atoms with Gasteiger partial charge in [-0.25, -0.2) is 0 Å². The first-order valence-corrected chi connectivity index (χ1v) is 7.81. The van der Waals surface area contributed by atoms with E-state index < -0.39 is 0 Å². The van der Waals surface area contributed by atoms with Gasteiger partial charge in [0.25, 0.3) is 0 Å². The second-order valence-corrected chi connectivity index (χ2v) is 10.1. The molecule has 0 spiro atoms. The second-order valence-electron chi connectivity index (χ2n) is 6.55. The van der Waals surface area contributed by atoms with E-state index in [4.69, 9.17) is 0 Å². The van der Waals surface area contributed by atoms with E-state index in [9.17, 15) is 4.79 Å². The Balaban J connectivity index is 2.90. The Morgan fingerprint density at radius 1 is 0.944 bits per heavy atom. The van der Waals surface area contributed by atoms with Gasteiger partial charge in [0, 0.05) is 16.5 Å². The number of carbonyl (C=O) groups excluding carboxylic acids is 1. The van der Waals surface area contributed by atoms with Crippen molar-refractivity contribution in [1.29, 1.82) is 0 Å². The molecule has 0 amide bonds. The third-order valence-electron chi connectivity index (χ3n) is 2.85. The van der Waals surface area contributed by atoms with Gasteiger partial charge in [0.15, 0.2) is 5.75 Å². The number of Topliss-reactive ketones (excluding diaryl/α,β-unsaturated/α-hetero) is 1. The van der Waals surface area contributed by atoms with Crippen molar-refractivity contribution in [3.63, 3.8) is 0 Å². The fourth-order valence-corrected chi connectivity index (χ4v) is 5.32. The average Bonchev–Trinajstić information content (AvgIpc) is 2.23. The summed E-state index contributed by atoms with van der Waals surface area (Å²) in [5.74, 6) is 0.917. The molecule has 0 unspecified atom stereocenters. The monoisotopic (exact) mass is 265 g/mol. The molecular formula is C16H25OS+. The van der Waals surface area contributed by atoms with Gasteiger partial charge in [-0.2, -0.15) is 0 Å². The van der Waals surface area contributed by atoms with Gasteiger partial charge >= 0.3 is 0 Å². The van der Waals surface area contributed by atoms with Crippen LogP contribution in [0, 0.1) is 0 Å². The summed E-state index contributed by atoms with van der Waals surface area (Å²) < 4.78 is 0.339. The third-order valence-corrected chi connectivity index (χ3v) is 6.36. The molecule has 100 valence electrons. The van der Waals surface area contributed by atoms with Crippen LogP contribution < -0.4 is 0 Å². The van der Waals surface area contributed by atoms with Gasteiger partial charge in [-0.05, 0) is 41.5 Å². The van der Waals surface area contributed by atoms with Crippen LogP contribution in [0.25, 0.3) is 0 Å². The van der Waals surface area contributed by atoms with E-state index in [0.29, 0.717) is 5.75 Å². The fourth-order valence-electron chi connectivity index (χ4n) is 2.19. The maximum Gasteiger partial charge on any atom is 0.211 e. The number of hydrogen-bond donors (Lipinski definition) is 0. The summed E-state index contributed by atoms with van der Waals surface area (Å²) in [4.78, 5) is 12.4. The highest BCUT2D eigenvalue weighted by Crippen LogP contribution is 2.31. The first-order chi connectivity index (χ1) is 8.12. The minimum Gasteiger partial charge on any atom is -0.289 e. The van der Waals surface area contributed by atoms with Gasteiger partial charge in [-0.15, -0.1) is 0 Å². The first kappa shape index (κ1) is 15.3. The maximum atomic E-state index is 12.4. The maximum absolute atomic E-state index is 12.4. The highest BCUT2D eigenvalue weighted by molar-refractivity contribution is 8.00. The number of carbonyl (C=O) groups is 1. The van der Waals surface area contributed by atoms with E-state index in [1.54, 1.807) is 0 Å². The molecule has 0 radical (unpaired) electrons. The van der Waals surface area contributed by atoms with Gasteiger partial charge in [0.1, 0.15) is 9.49 Å². The number of hydrogen-bond acceptors (Lipinski definition) is 1. The van der Waals surface area contributed by atoms with Crippen LogP contribution in [-0.4, -0.2) is 21.0 Å². The van der Waals surface area contributed by atoms with Crippen molar-refractivity contribution < 1.29 is 4.79 Å². The summed E-state index contributed by atoms with van der Waals surface area (Å²) in [6.07, 6.45) is 0. The molecule has 0 aliphatic carbocycles. The molecule has 0 fully saturated rings. The lowest BCUT2D eigenvalue weighted by molar-refractivity contribution is 0.102. The molecule has 0 saturated heterocycles. The molecule has 0 bridgehead atoms. The SMILES string of the molecule is CC(C)(C)[S+](CC(=O)c1ccccc1)C(C)(C)C. The molecule has 0 aliphatic rings. The van der Waals surface area contributed by atoms with E-state index in [-0.39, 0.29) is 26.2 Å². The molecule has 2 heteroatoms. The van der Waals surface area contributed by atoms with Crippen molar-refractivity contribution in [3.05, 3.63) is 35.9 Å². The van der Waals surface area contributed by atoms with Crippen LogP contribution in [0.2, 0.25) is 0 Å². The number of ketones is 1. The standard InChI is InChI=1S/C16H25OS/c1-15(2,3)18(16(4,5)6)12-14(17)13-10-8-7-9-11-13/h7-11H,12H2,1-6H3/q+1. The van der Waals surface area contributed by atoms with E-state index in [1.807, 2.05) is 30.3 Å². The molecular weight excluding hydrogens is 240 g/mol. The normalized spacial score (nSPS) is 12.8. The number of benzene rings is 1. The molecule has 0 aliphatic heterocycles. The first-order valence-electron chi connectivity index (χ1n) is 6.42. The van der Waals surface area contributed by atoms with Crippen LogP contribution in [-0.2, 0) is 10.9 Å². The van der Waals surface area contributed by atoms with Crippen molar-refractivity contribution in [2.75, 3.05) is 5.75 Å². The van der Waals surface area contributed by atoms with Crippen LogP contribution in [0.15, 0.2) is 30.3 Å². The molecule has 1 rings (SSSR count). The summed E-state index contributed by atoms with van der Waals surface area (Å²) in [6.45, 7) is 13.4. The van der Waals surface area contributed by atoms with Crippen LogP contribution in [0.4, 0.5) is 0 Å². The van der Waals surface area contributed by atoms with Gasteiger partial charge in [-0.3, -0.25) is 4.79 Å². The van der Waals surface area contributed by atoms with Gasteiger partial charge in [0.2, 0.25) is 5.78 Å². The highest BCUT2D eigenvalue weighted by atomic mass is 32.2. The summed E-state index contributed by atoms with van der Waals surface area (Å²) in [7, 11) is 0.0608. The van der Waals surface area contributed by atoms with E-state index >= 15 is 0 Å². The third kappa shape index (κ3) is 4.16. The van der Waals surface area contributed by atoms with E-state index in [1.165, 1.54) is 0 Å². The van der Waals surface area contributed by atoms with E-state index in [0.717, 1.165) is 5.56 Å². The molecule has 0 heterocycles. The van der Waals surface area contributed by atoms with Crippen molar-refractivity contribution >= 4 is 16.7 Å². The van der Waals surface area contributed by atoms with Crippen LogP contribution >= 0.6 is 0 Å². The predicted octanol–water partition coefficient (Wildman–Crippen LogP) is 4.08. The lowest BCUT2D eigenvalue weighted by Crippen LogP contribution is -2.46. The molecule has 18 heavy (non-hydrogen) atoms. The molecule has 0 aromatic heterocycles. The smallest absolute Gasteiger partial charge is 0.211 e. The summed E-state index contributed by atoms with van der Waals surface area (Å²) >= 11 is 0. The molecule has 0 saturated carbocycles. The minimum atomic E-state index is 0.0608. The molecule has 1 aromatic carbocycles. The summed E-state index contributed by atoms with van der Waals surface area (Å²) in [6, 6.07) is 9.63. The molecule has 1 nitrogen and oxygen atoms in total. The Kier molecular flexibility index (Phi) is 4.66. The minimum absolute atomic E-state index is 0.0608. The second kappa shape index (κ2) is 5.48. The Morgan fingerprint density at radius 3 is 1.78 bits per heavy atom. The Bertz CT molecular complexity index is 381. The number of rotatable bonds is 3. The zero-order chi connectivity index (χ0) is 14.0. The Morgan fingerprint density at radius 2 is 1.39 bits per heavy atom. The average molecular weight is 265 g/mol. The van der Waals surface area contributed by atoms with Crippen molar-refractivity contribution in [3.8, 4) is 0 Å². The van der Waals surface area contributed by atoms with Crippen LogP contribution in [0.1, 0.15) is 51.9 Å². The Hall–Kier alpha value is -0.760. The van der Waals surface area contributed by atoms with E-state index in [2.05, 4.69) is 41.5 Å². The lowest BCUT2D eigenvalue weighted by Gasteiger charge is -2.31. The van der Waals surface area contributed by atoms with Gasteiger partial charge < -0.3 is 0 Å². The lowest BCUT2D eigenvalue weighted by atomic mass is 10.1.